The number of benzene rings is 2. The summed E-state index contributed by atoms with van der Waals surface area (Å²) >= 11 is 0. The number of piperazine rings is 1. The molecule has 0 N–H and O–H groups in total. The zero-order chi connectivity index (χ0) is 19.3. The molecule has 1 aliphatic rings. The van der Waals surface area contributed by atoms with Gasteiger partial charge in [-0.05, 0) is 48.9 Å². The van der Waals surface area contributed by atoms with E-state index >= 15 is 0 Å². The lowest BCUT2D eigenvalue weighted by Gasteiger charge is -2.34. The third kappa shape index (κ3) is 4.80. The number of hydrogen-bond donors (Lipinski definition) is 0. The van der Waals surface area contributed by atoms with Crippen molar-refractivity contribution in [2.45, 2.75) is 18.4 Å². The first-order chi connectivity index (χ1) is 13.0. The topological polar surface area (TPSA) is 59.1 Å². The molecule has 0 atom stereocenters. The number of ether oxygens (including phenoxy) is 2. The molecule has 1 aliphatic heterocycles. The molecule has 6 nitrogen and oxygen atoms in total. The van der Waals surface area contributed by atoms with Gasteiger partial charge in [-0.1, -0.05) is 12.1 Å². The molecular weight excluding hydrogens is 364 g/mol. The van der Waals surface area contributed by atoms with Crippen LogP contribution < -0.4 is 9.47 Å². The second-order valence-electron chi connectivity index (χ2n) is 6.43. The molecule has 0 amide bonds. The van der Waals surface area contributed by atoms with Crippen LogP contribution in [0.4, 0.5) is 0 Å². The Morgan fingerprint density at radius 1 is 0.889 bits per heavy atom. The zero-order valence-corrected chi connectivity index (χ0v) is 16.6. The number of hydrogen-bond acceptors (Lipinski definition) is 5. The largest absolute Gasteiger partial charge is 0.497 e. The van der Waals surface area contributed by atoms with Crippen molar-refractivity contribution in [1.82, 2.24) is 9.21 Å². The van der Waals surface area contributed by atoms with E-state index in [1.54, 1.807) is 35.7 Å². The van der Waals surface area contributed by atoms with Gasteiger partial charge in [-0.25, -0.2) is 8.42 Å². The van der Waals surface area contributed by atoms with Gasteiger partial charge in [0.25, 0.3) is 0 Å². The van der Waals surface area contributed by atoms with E-state index in [-0.39, 0.29) is 0 Å². The fourth-order valence-corrected chi connectivity index (χ4v) is 4.56. The number of rotatable bonds is 7. The number of sulfonamides is 1. The van der Waals surface area contributed by atoms with Crippen molar-refractivity contribution >= 4 is 10.0 Å². The summed E-state index contributed by atoms with van der Waals surface area (Å²) in [5.74, 6) is 1.52. The van der Waals surface area contributed by atoms with Crippen LogP contribution >= 0.6 is 0 Å². The van der Waals surface area contributed by atoms with Crippen molar-refractivity contribution in [2.24, 2.45) is 0 Å². The molecule has 27 heavy (non-hydrogen) atoms. The summed E-state index contributed by atoms with van der Waals surface area (Å²) in [6, 6.07) is 14.6. The summed E-state index contributed by atoms with van der Waals surface area (Å²) < 4.78 is 37.7. The van der Waals surface area contributed by atoms with Crippen molar-refractivity contribution < 1.29 is 17.9 Å². The Bertz CT molecular complexity index is 827. The first-order valence-corrected chi connectivity index (χ1v) is 10.5. The Balaban J connectivity index is 1.57. The summed E-state index contributed by atoms with van der Waals surface area (Å²) in [6.45, 7) is 5.84. The van der Waals surface area contributed by atoms with Crippen LogP contribution in [0.25, 0.3) is 0 Å². The molecule has 2 aromatic rings. The smallest absolute Gasteiger partial charge is 0.243 e. The maximum atomic E-state index is 12.8. The van der Waals surface area contributed by atoms with Crippen LogP contribution in [-0.4, -0.2) is 57.5 Å². The van der Waals surface area contributed by atoms with Gasteiger partial charge < -0.3 is 9.47 Å². The average molecular weight is 391 g/mol. The van der Waals surface area contributed by atoms with Crippen molar-refractivity contribution in [3.8, 4) is 11.5 Å². The molecule has 1 saturated heterocycles. The monoisotopic (exact) mass is 390 g/mol. The Labute approximate surface area is 161 Å². The molecule has 0 aromatic heterocycles. The van der Waals surface area contributed by atoms with Crippen molar-refractivity contribution in [2.75, 3.05) is 39.9 Å². The molecule has 0 radical (unpaired) electrons. The molecule has 0 aliphatic carbocycles. The molecule has 0 spiro atoms. The standard InChI is InChI=1S/C20H26N2O4S/c1-3-26-19-6-4-17(5-7-19)16-21-12-14-22(15-13-21)27(23,24)20-10-8-18(25-2)9-11-20/h4-11H,3,12-16H2,1-2H3. The minimum absolute atomic E-state index is 0.309. The lowest BCUT2D eigenvalue weighted by atomic mass is 10.2. The van der Waals surface area contributed by atoms with Crippen LogP contribution in [0.3, 0.4) is 0 Å². The normalized spacial score (nSPS) is 16.2. The SMILES string of the molecule is CCOc1ccc(CN2CCN(S(=O)(=O)c3ccc(OC)cc3)CC2)cc1. The summed E-state index contributed by atoms with van der Waals surface area (Å²) in [5.41, 5.74) is 1.20. The predicted molar refractivity (Wildman–Crippen MR) is 105 cm³/mol. The predicted octanol–water partition coefficient (Wildman–Crippen LogP) is 2.60. The molecule has 146 valence electrons. The molecule has 7 heteroatoms. The number of nitrogens with zero attached hydrogens (tertiary/aromatic N) is 2. The Morgan fingerprint density at radius 2 is 1.48 bits per heavy atom. The van der Waals surface area contributed by atoms with E-state index in [0.717, 1.165) is 12.3 Å². The third-order valence-electron chi connectivity index (χ3n) is 4.67. The molecule has 3 rings (SSSR count). The van der Waals surface area contributed by atoms with E-state index in [9.17, 15) is 8.42 Å². The maximum absolute atomic E-state index is 12.8. The lowest BCUT2D eigenvalue weighted by Crippen LogP contribution is -2.48. The average Bonchev–Trinajstić information content (AvgIpc) is 2.70. The first kappa shape index (κ1) is 19.7. The second kappa shape index (κ2) is 8.73. The molecule has 1 heterocycles. The molecule has 0 unspecified atom stereocenters. The Kier molecular flexibility index (Phi) is 6.36. The zero-order valence-electron chi connectivity index (χ0n) is 15.8. The molecular formula is C20H26N2O4S. The quantitative estimate of drug-likeness (QED) is 0.727. The van der Waals surface area contributed by atoms with Crippen LogP contribution in [0, 0.1) is 0 Å². The highest BCUT2D eigenvalue weighted by Gasteiger charge is 2.28. The van der Waals surface area contributed by atoms with Gasteiger partial charge in [0.2, 0.25) is 10.0 Å². The van der Waals surface area contributed by atoms with Gasteiger partial charge in [0.15, 0.2) is 0 Å². The Hall–Kier alpha value is -2.09. The van der Waals surface area contributed by atoms with Gasteiger partial charge in [0, 0.05) is 32.7 Å². The minimum Gasteiger partial charge on any atom is -0.497 e. The van der Waals surface area contributed by atoms with E-state index in [2.05, 4.69) is 17.0 Å². The van der Waals surface area contributed by atoms with Crippen molar-refractivity contribution in [3.05, 3.63) is 54.1 Å². The highest BCUT2D eigenvalue weighted by molar-refractivity contribution is 7.89. The van der Waals surface area contributed by atoms with Gasteiger partial charge in [-0.15, -0.1) is 0 Å². The van der Waals surface area contributed by atoms with Gasteiger partial charge in [-0.3, -0.25) is 4.90 Å². The fourth-order valence-electron chi connectivity index (χ4n) is 3.14. The fraction of sp³-hybridized carbons (Fsp3) is 0.400. The van der Waals surface area contributed by atoms with E-state index < -0.39 is 10.0 Å². The summed E-state index contributed by atoms with van der Waals surface area (Å²) in [6.07, 6.45) is 0. The maximum Gasteiger partial charge on any atom is 0.243 e. The third-order valence-corrected chi connectivity index (χ3v) is 6.58. The van der Waals surface area contributed by atoms with Crippen LogP contribution in [0.15, 0.2) is 53.4 Å². The van der Waals surface area contributed by atoms with Crippen LogP contribution in [0.2, 0.25) is 0 Å². The van der Waals surface area contributed by atoms with Gasteiger partial charge in [0.1, 0.15) is 11.5 Å². The van der Waals surface area contributed by atoms with E-state index in [0.29, 0.717) is 43.4 Å². The summed E-state index contributed by atoms with van der Waals surface area (Å²) in [4.78, 5) is 2.58. The van der Waals surface area contributed by atoms with Crippen molar-refractivity contribution in [1.29, 1.82) is 0 Å². The van der Waals surface area contributed by atoms with Gasteiger partial charge in [-0.2, -0.15) is 4.31 Å². The summed E-state index contributed by atoms with van der Waals surface area (Å²) in [5, 5.41) is 0. The minimum atomic E-state index is -3.46. The summed E-state index contributed by atoms with van der Waals surface area (Å²) in [7, 11) is -1.90. The molecule has 1 fully saturated rings. The van der Waals surface area contributed by atoms with Crippen LogP contribution in [0.1, 0.15) is 12.5 Å². The lowest BCUT2D eigenvalue weighted by molar-refractivity contribution is 0.181. The Morgan fingerprint density at radius 3 is 2.04 bits per heavy atom. The highest BCUT2D eigenvalue weighted by Crippen LogP contribution is 2.21. The molecule has 0 bridgehead atoms. The van der Waals surface area contributed by atoms with E-state index in [1.165, 1.54) is 5.56 Å². The highest BCUT2D eigenvalue weighted by atomic mass is 32.2. The van der Waals surface area contributed by atoms with Crippen LogP contribution in [-0.2, 0) is 16.6 Å². The van der Waals surface area contributed by atoms with E-state index in [4.69, 9.17) is 9.47 Å². The number of methoxy groups -OCH3 is 1. The van der Waals surface area contributed by atoms with E-state index in [1.807, 2.05) is 19.1 Å². The molecule has 0 saturated carbocycles. The second-order valence-corrected chi connectivity index (χ2v) is 8.37. The first-order valence-electron chi connectivity index (χ1n) is 9.11. The van der Waals surface area contributed by atoms with Crippen LogP contribution in [0.5, 0.6) is 11.5 Å². The van der Waals surface area contributed by atoms with Crippen molar-refractivity contribution in [3.63, 3.8) is 0 Å². The van der Waals surface area contributed by atoms with Gasteiger partial charge in [0.05, 0.1) is 18.6 Å². The molecule has 2 aromatic carbocycles. The van der Waals surface area contributed by atoms with Gasteiger partial charge >= 0.3 is 0 Å².